The van der Waals surface area contributed by atoms with Crippen LogP contribution >= 0.6 is 0 Å². The summed E-state index contributed by atoms with van der Waals surface area (Å²) in [6, 6.07) is 5.87. The van der Waals surface area contributed by atoms with Crippen LogP contribution in [0.15, 0.2) is 55.7 Å². The maximum Gasteiger partial charge on any atom is 0.0636 e. The number of rotatable bonds is 4. The van der Waals surface area contributed by atoms with Crippen molar-refractivity contribution in [1.29, 1.82) is 0 Å². The van der Waals surface area contributed by atoms with Crippen LogP contribution in [0.25, 0.3) is 12.2 Å². The van der Waals surface area contributed by atoms with Crippen molar-refractivity contribution in [2.24, 2.45) is 0 Å². The highest BCUT2D eigenvalue weighted by Crippen LogP contribution is 2.03. The van der Waals surface area contributed by atoms with Crippen molar-refractivity contribution in [3.8, 4) is 0 Å². The standard InChI is InChI=1S/C13H13N/c1-3-5-8-12-10-7-11-13(14-12)9-6-4-2/h3-11H,1-2H2/b8-5+,9-6+. The summed E-state index contributed by atoms with van der Waals surface area (Å²) in [6.45, 7) is 7.21. The number of hydrogen-bond donors (Lipinski definition) is 0. The Hall–Kier alpha value is -1.89. The van der Waals surface area contributed by atoms with Crippen LogP contribution in [0.1, 0.15) is 11.4 Å². The topological polar surface area (TPSA) is 12.9 Å². The van der Waals surface area contributed by atoms with Gasteiger partial charge in [-0.2, -0.15) is 0 Å². The molecule has 1 rings (SSSR count). The van der Waals surface area contributed by atoms with Crippen molar-refractivity contribution < 1.29 is 0 Å². The van der Waals surface area contributed by atoms with Gasteiger partial charge in [-0.3, -0.25) is 0 Å². The second-order valence-electron chi connectivity index (χ2n) is 2.68. The lowest BCUT2D eigenvalue weighted by molar-refractivity contribution is 1.27. The molecule has 0 N–H and O–H groups in total. The molecule has 1 heterocycles. The molecule has 0 unspecified atom stereocenters. The van der Waals surface area contributed by atoms with E-state index in [4.69, 9.17) is 0 Å². The van der Waals surface area contributed by atoms with Crippen LogP contribution in [0, 0.1) is 0 Å². The Labute approximate surface area is 84.8 Å². The van der Waals surface area contributed by atoms with Gasteiger partial charge in [0.2, 0.25) is 0 Å². The molecule has 1 heteroatoms. The van der Waals surface area contributed by atoms with E-state index in [2.05, 4.69) is 18.1 Å². The Balaban J connectivity index is 2.88. The summed E-state index contributed by atoms with van der Waals surface area (Å²) < 4.78 is 0. The minimum atomic E-state index is 0.927. The molecule has 1 aromatic rings. The van der Waals surface area contributed by atoms with Gasteiger partial charge in [-0.15, -0.1) is 0 Å². The molecule has 0 aliphatic carbocycles. The van der Waals surface area contributed by atoms with E-state index in [1.807, 2.05) is 42.5 Å². The third-order valence-corrected chi connectivity index (χ3v) is 1.60. The summed E-state index contributed by atoms with van der Waals surface area (Å²) in [5, 5.41) is 0. The van der Waals surface area contributed by atoms with Gasteiger partial charge in [-0.05, 0) is 24.3 Å². The molecule has 0 spiro atoms. The summed E-state index contributed by atoms with van der Waals surface area (Å²) >= 11 is 0. The summed E-state index contributed by atoms with van der Waals surface area (Å²) in [6.07, 6.45) is 11.0. The van der Waals surface area contributed by atoms with Gasteiger partial charge in [-0.25, -0.2) is 4.98 Å². The first kappa shape index (κ1) is 10.2. The normalized spacial score (nSPS) is 10.9. The van der Waals surface area contributed by atoms with Gasteiger partial charge in [0.15, 0.2) is 0 Å². The predicted molar refractivity (Wildman–Crippen MR) is 62.7 cm³/mol. The number of allylic oxidation sites excluding steroid dienone is 4. The zero-order chi connectivity index (χ0) is 10.2. The Kier molecular flexibility index (Phi) is 4.15. The highest BCUT2D eigenvalue weighted by atomic mass is 14.7. The van der Waals surface area contributed by atoms with Crippen LogP contribution in [0.4, 0.5) is 0 Å². The zero-order valence-electron chi connectivity index (χ0n) is 8.06. The maximum atomic E-state index is 4.38. The van der Waals surface area contributed by atoms with Crippen molar-refractivity contribution in [2.45, 2.75) is 0 Å². The Morgan fingerprint density at radius 3 is 1.86 bits per heavy atom. The summed E-state index contributed by atoms with van der Waals surface area (Å²) in [4.78, 5) is 4.38. The van der Waals surface area contributed by atoms with Crippen molar-refractivity contribution in [3.05, 3.63) is 67.0 Å². The molecule has 1 nitrogen and oxygen atoms in total. The molecule has 0 saturated heterocycles. The third-order valence-electron chi connectivity index (χ3n) is 1.60. The van der Waals surface area contributed by atoms with Gasteiger partial charge in [0.05, 0.1) is 11.4 Å². The van der Waals surface area contributed by atoms with Gasteiger partial charge in [-0.1, -0.05) is 43.5 Å². The Bertz CT molecular complexity index is 339. The van der Waals surface area contributed by atoms with Gasteiger partial charge in [0.25, 0.3) is 0 Å². The first-order valence-electron chi connectivity index (χ1n) is 4.42. The van der Waals surface area contributed by atoms with Gasteiger partial charge in [0.1, 0.15) is 0 Å². The van der Waals surface area contributed by atoms with Gasteiger partial charge in [0, 0.05) is 0 Å². The van der Waals surface area contributed by atoms with E-state index >= 15 is 0 Å². The average Bonchev–Trinajstić information content (AvgIpc) is 2.24. The lowest BCUT2D eigenvalue weighted by Crippen LogP contribution is -1.83. The van der Waals surface area contributed by atoms with Crippen LogP contribution in [-0.2, 0) is 0 Å². The first-order valence-corrected chi connectivity index (χ1v) is 4.42. The molecule has 0 amide bonds. The predicted octanol–water partition coefficient (Wildman–Crippen LogP) is 3.48. The fourth-order valence-corrected chi connectivity index (χ4v) is 0.988. The molecule has 14 heavy (non-hydrogen) atoms. The second-order valence-corrected chi connectivity index (χ2v) is 2.68. The van der Waals surface area contributed by atoms with E-state index in [0.717, 1.165) is 11.4 Å². The van der Waals surface area contributed by atoms with Crippen molar-refractivity contribution in [2.75, 3.05) is 0 Å². The van der Waals surface area contributed by atoms with E-state index < -0.39 is 0 Å². The zero-order valence-corrected chi connectivity index (χ0v) is 8.06. The molecule has 0 bridgehead atoms. The van der Waals surface area contributed by atoms with Crippen LogP contribution in [-0.4, -0.2) is 4.98 Å². The third kappa shape index (κ3) is 3.23. The quantitative estimate of drug-likeness (QED) is 0.651. The number of nitrogens with zero attached hydrogens (tertiary/aromatic N) is 1. The van der Waals surface area contributed by atoms with Gasteiger partial charge < -0.3 is 0 Å². The molecule has 0 radical (unpaired) electrons. The van der Waals surface area contributed by atoms with E-state index in [1.54, 1.807) is 12.2 Å². The summed E-state index contributed by atoms with van der Waals surface area (Å²) in [5.41, 5.74) is 1.85. The van der Waals surface area contributed by atoms with Gasteiger partial charge >= 0.3 is 0 Å². The van der Waals surface area contributed by atoms with Crippen molar-refractivity contribution in [3.63, 3.8) is 0 Å². The average molecular weight is 183 g/mol. The molecule has 0 atom stereocenters. The lowest BCUT2D eigenvalue weighted by Gasteiger charge is -1.94. The van der Waals surface area contributed by atoms with E-state index in [-0.39, 0.29) is 0 Å². The second kappa shape index (κ2) is 5.70. The SMILES string of the molecule is C=C/C=C/c1cccc(/C=C/C=C)n1. The molecular weight excluding hydrogens is 170 g/mol. The molecular formula is C13H13N. The van der Waals surface area contributed by atoms with Crippen LogP contribution in [0.5, 0.6) is 0 Å². The smallest absolute Gasteiger partial charge is 0.0636 e. The highest BCUT2D eigenvalue weighted by molar-refractivity contribution is 5.52. The highest BCUT2D eigenvalue weighted by Gasteiger charge is 1.89. The van der Waals surface area contributed by atoms with Crippen molar-refractivity contribution in [1.82, 2.24) is 4.98 Å². The first-order chi connectivity index (χ1) is 6.86. The summed E-state index contributed by atoms with van der Waals surface area (Å²) in [7, 11) is 0. The molecule has 0 fully saturated rings. The van der Waals surface area contributed by atoms with Crippen LogP contribution < -0.4 is 0 Å². The number of aromatic nitrogens is 1. The molecule has 0 saturated carbocycles. The summed E-state index contributed by atoms with van der Waals surface area (Å²) in [5.74, 6) is 0. The monoisotopic (exact) mass is 183 g/mol. The lowest BCUT2D eigenvalue weighted by atomic mass is 10.2. The molecule has 0 aliphatic rings. The maximum absolute atomic E-state index is 4.38. The minimum Gasteiger partial charge on any atom is -0.249 e. The molecule has 70 valence electrons. The molecule has 1 aromatic heterocycles. The van der Waals surface area contributed by atoms with Crippen molar-refractivity contribution >= 4 is 12.2 Å². The largest absolute Gasteiger partial charge is 0.249 e. The number of hydrogen-bond acceptors (Lipinski definition) is 1. The fourth-order valence-electron chi connectivity index (χ4n) is 0.988. The van der Waals surface area contributed by atoms with E-state index in [9.17, 15) is 0 Å². The minimum absolute atomic E-state index is 0.927. The van der Waals surface area contributed by atoms with E-state index in [0.29, 0.717) is 0 Å². The number of pyridine rings is 1. The molecule has 0 aliphatic heterocycles. The van der Waals surface area contributed by atoms with Crippen LogP contribution in [0.3, 0.4) is 0 Å². The molecule has 0 aromatic carbocycles. The fraction of sp³-hybridized carbons (Fsp3) is 0. The Morgan fingerprint density at radius 1 is 0.929 bits per heavy atom. The van der Waals surface area contributed by atoms with Crippen LogP contribution in [0.2, 0.25) is 0 Å². The Morgan fingerprint density at radius 2 is 1.43 bits per heavy atom. The van der Waals surface area contributed by atoms with E-state index in [1.165, 1.54) is 0 Å².